The molecule has 4 heteroatoms. The van der Waals surface area contributed by atoms with Gasteiger partial charge < -0.3 is 4.90 Å². The number of anilines is 1. The number of halogens is 1. The molecule has 0 saturated carbocycles. The molecule has 0 unspecified atom stereocenters. The van der Waals surface area contributed by atoms with Gasteiger partial charge in [0.25, 0.3) is 0 Å². The van der Waals surface area contributed by atoms with E-state index in [1.165, 1.54) is 0 Å². The van der Waals surface area contributed by atoms with Crippen molar-refractivity contribution in [2.24, 2.45) is 0 Å². The summed E-state index contributed by atoms with van der Waals surface area (Å²) in [7, 11) is 1.98. The lowest BCUT2D eigenvalue weighted by Gasteiger charge is -2.18. The fourth-order valence-electron chi connectivity index (χ4n) is 2.48. The molecule has 102 valence electrons. The Morgan fingerprint density at radius 1 is 1.25 bits per heavy atom. The Balaban J connectivity index is 2.10. The van der Waals surface area contributed by atoms with Crippen LogP contribution < -0.4 is 4.90 Å². The summed E-state index contributed by atoms with van der Waals surface area (Å²) in [6.45, 7) is 0.852. The number of Topliss-reactive ketones (excluding diaryl/α,β-unsaturated/α-hetero) is 1. The summed E-state index contributed by atoms with van der Waals surface area (Å²) in [5, 5.41) is 0.684. The maximum Gasteiger partial charge on any atom is 0.166 e. The normalized spacial score (nSPS) is 14.9. The van der Waals surface area contributed by atoms with Gasteiger partial charge in [0.2, 0.25) is 0 Å². The van der Waals surface area contributed by atoms with Crippen molar-refractivity contribution in [2.75, 3.05) is 18.5 Å². The fourth-order valence-corrected chi connectivity index (χ4v) is 2.67. The number of hydrogen-bond donors (Lipinski definition) is 0. The van der Waals surface area contributed by atoms with Crippen LogP contribution in [0.25, 0.3) is 11.3 Å². The van der Waals surface area contributed by atoms with Crippen molar-refractivity contribution in [2.45, 2.75) is 12.8 Å². The molecule has 2 aromatic rings. The van der Waals surface area contributed by atoms with Crippen LogP contribution >= 0.6 is 11.6 Å². The first-order chi connectivity index (χ1) is 9.65. The molecular formula is C16H15ClN2O. The lowest BCUT2D eigenvalue weighted by atomic mass is 10.1. The number of aromatic nitrogens is 1. The fraction of sp³-hybridized carbons (Fsp3) is 0.250. The van der Waals surface area contributed by atoms with Crippen LogP contribution in [-0.2, 0) is 0 Å². The highest BCUT2D eigenvalue weighted by atomic mass is 35.5. The highest BCUT2D eigenvalue weighted by Crippen LogP contribution is 2.28. The minimum Gasteiger partial charge on any atom is -0.359 e. The molecule has 0 saturated heterocycles. The molecule has 1 aliphatic rings. The molecule has 3 rings (SSSR count). The van der Waals surface area contributed by atoms with Crippen LogP contribution in [0.3, 0.4) is 0 Å². The van der Waals surface area contributed by atoms with Crippen LogP contribution in [0.1, 0.15) is 23.2 Å². The summed E-state index contributed by atoms with van der Waals surface area (Å²) in [6, 6.07) is 11.4. The molecule has 0 N–H and O–H groups in total. The zero-order valence-electron chi connectivity index (χ0n) is 11.3. The van der Waals surface area contributed by atoms with Crippen molar-refractivity contribution >= 4 is 23.2 Å². The van der Waals surface area contributed by atoms with Crippen molar-refractivity contribution in [3.8, 4) is 11.3 Å². The number of fused-ring (bicyclic) bond motifs is 1. The average Bonchev–Trinajstić information content (AvgIpc) is 2.59. The molecule has 0 bridgehead atoms. The third kappa shape index (κ3) is 2.41. The van der Waals surface area contributed by atoms with E-state index in [1.54, 1.807) is 0 Å². The lowest BCUT2D eigenvalue weighted by Crippen LogP contribution is -2.19. The quantitative estimate of drug-likeness (QED) is 0.799. The van der Waals surface area contributed by atoms with Gasteiger partial charge in [-0.25, -0.2) is 4.98 Å². The Hall–Kier alpha value is -1.87. The van der Waals surface area contributed by atoms with Gasteiger partial charge in [-0.3, -0.25) is 4.79 Å². The zero-order valence-corrected chi connectivity index (χ0v) is 12.0. The summed E-state index contributed by atoms with van der Waals surface area (Å²) in [6.07, 6.45) is 1.47. The van der Waals surface area contributed by atoms with Gasteiger partial charge in [-0.15, -0.1) is 0 Å². The van der Waals surface area contributed by atoms with E-state index in [9.17, 15) is 4.79 Å². The number of hydrogen-bond acceptors (Lipinski definition) is 3. The van der Waals surface area contributed by atoms with Gasteiger partial charge in [0.05, 0.1) is 11.3 Å². The van der Waals surface area contributed by atoms with E-state index in [-0.39, 0.29) is 5.78 Å². The number of carbonyl (C=O) groups excluding carboxylic acids is 1. The smallest absolute Gasteiger partial charge is 0.166 e. The molecule has 1 aromatic carbocycles. The number of pyridine rings is 1. The largest absolute Gasteiger partial charge is 0.359 e. The molecular weight excluding hydrogens is 272 g/mol. The molecule has 0 amide bonds. The Morgan fingerprint density at radius 2 is 2.10 bits per heavy atom. The van der Waals surface area contributed by atoms with E-state index in [0.717, 1.165) is 35.6 Å². The standard InChI is InChI=1S/C16H15ClN2O/c1-19-9-3-6-15(20)13-7-8-14(18-16(13)19)11-4-2-5-12(17)10-11/h2,4-5,7-8,10H,3,6,9H2,1H3. The van der Waals surface area contributed by atoms with Gasteiger partial charge in [0, 0.05) is 30.6 Å². The molecule has 3 nitrogen and oxygen atoms in total. The van der Waals surface area contributed by atoms with Crippen LogP contribution in [-0.4, -0.2) is 24.4 Å². The van der Waals surface area contributed by atoms with E-state index >= 15 is 0 Å². The maximum atomic E-state index is 12.1. The Labute approximate surface area is 123 Å². The van der Waals surface area contributed by atoms with Crippen LogP contribution in [0.15, 0.2) is 36.4 Å². The molecule has 0 atom stereocenters. The van der Waals surface area contributed by atoms with Gasteiger partial charge in [-0.05, 0) is 30.7 Å². The van der Waals surface area contributed by atoms with Crippen molar-refractivity contribution in [3.63, 3.8) is 0 Å². The molecule has 1 aromatic heterocycles. The number of benzene rings is 1. The Kier molecular flexibility index (Phi) is 3.45. The van der Waals surface area contributed by atoms with Gasteiger partial charge in [-0.2, -0.15) is 0 Å². The van der Waals surface area contributed by atoms with Crippen LogP contribution in [0.4, 0.5) is 5.82 Å². The van der Waals surface area contributed by atoms with Gasteiger partial charge >= 0.3 is 0 Å². The summed E-state index contributed by atoms with van der Waals surface area (Å²) in [5.74, 6) is 0.944. The number of rotatable bonds is 1. The van der Waals surface area contributed by atoms with Gasteiger partial charge in [0.15, 0.2) is 5.78 Å². The van der Waals surface area contributed by atoms with E-state index in [1.807, 2.05) is 48.3 Å². The first-order valence-corrected chi connectivity index (χ1v) is 7.04. The van der Waals surface area contributed by atoms with E-state index in [0.29, 0.717) is 11.4 Å². The minimum absolute atomic E-state index is 0.175. The second-order valence-corrected chi connectivity index (χ2v) is 5.46. The van der Waals surface area contributed by atoms with Crippen molar-refractivity contribution in [1.29, 1.82) is 0 Å². The SMILES string of the molecule is CN1CCCC(=O)c2ccc(-c3cccc(Cl)c3)nc21. The second kappa shape index (κ2) is 5.25. The third-order valence-electron chi connectivity index (χ3n) is 3.55. The minimum atomic E-state index is 0.175. The molecule has 0 aliphatic carbocycles. The van der Waals surface area contributed by atoms with Crippen molar-refractivity contribution in [1.82, 2.24) is 4.98 Å². The number of carbonyl (C=O) groups is 1. The van der Waals surface area contributed by atoms with Crippen LogP contribution in [0.5, 0.6) is 0 Å². The highest BCUT2D eigenvalue weighted by molar-refractivity contribution is 6.30. The highest BCUT2D eigenvalue weighted by Gasteiger charge is 2.20. The average molecular weight is 287 g/mol. The van der Waals surface area contributed by atoms with E-state index < -0.39 is 0 Å². The molecule has 0 fully saturated rings. The van der Waals surface area contributed by atoms with E-state index in [2.05, 4.69) is 4.98 Å². The molecule has 2 heterocycles. The predicted octanol–water partition coefficient (Wildman–Crippen LogP) is 3.81. The van der Waals surface area contributed by atoms with Gasteiger partial charge in [-0.1, -0.05) is 23.7 Å². The summed E-state index contributed by atoms with van der Waals surface area (Å²) < 4.78 is 0. The van der Waals surface area contributed by atoms with E-state index in [4.69, 9.17) is 11.6 Å². The number of nitrogens with zero attached hydrogens (tertiary/aromatic N) is 2. The second-order valence-electron chi connectivity index (χ2n) is 5.03. The topological polar surface area (TPSA) is 33.2 Å². The first-order valence-electron chi connectivity index (χ1n) is 6.66. The summed E-state index contributed by atoms with van der Waals surface area (Å²) in [5.41, 5.74) is 2.52. The predicted molar refractivity (Wildman–Crippen MR) is 81.5 cm³/mol. The summed E-state index contributed by atoms with van der Waals surface area (Å²) >= 11 is 6.02. The maximum absolute atomic E-state index is 12.1. The molecule has 0 radical (unpaired) electrons. The number of ketones is 1. The molecule has 20 heavy (non-hydrogen) atoms. The third-order valence-corrected chi connectivity index (χ3v) is 3.79. The Morgan fingerprint density at radius 3 is 2.90 bits per heavy atom. The lowest BCUT2D eigenvalue weighted by molar-refractivity contribution is 0.0983. The molecule has 1 aliphatic heterocycles. The van der Waals surface area contributed by atoms with Crippen LogP contribution in [0.2, 0.25) is 5.02 Å². The monoisotopic (exact) mass is 286 g/mol. The van der Waals surface area contributed by atoms with Gasteiger partial charge in [0.1, 0.15) is 5.82 Å². The van der Waals surface area contributed by atoms with Crippen molar-refractivity contribution in [3.05, 3.63) is 47.0 Å². The first kappa shape index (κ1) is 13.1. The zero-order chi connectivity index (χ0) is 14.1. The Bertz CT molecular complexity index is 669. The van der Waals surface area contributed by atoms with Crippen LogP contribution in [0, 0.1) is 0 Å². The van der Waals surface area contributed by atoms with Crippen molar-refractivity contribution < 1.29 is 4.79 Å². The summed E-state index contributed by atoms with van der Waals surface area (Å²) in [4.78, 5) is 18.8. The molecule has 0 spiro atoms.